The highest BCUT2D eigenvalue weighted by Crippen LogP contribution is 2.31. The van der Waals surface area contributed by atoms with Crippen LogP contribution in [0.25, 0.3) is 0 Å². The maximum Gasteiger partial charge on any atom is 0.276 e. The summed E-state index contributed by atoms with van der Waals surface area (Å²) in [5, 5.41) is 9.73. The Morgan fingerprint density at radius 3 is 2.52 bits per heavy atom. The fourth-order valence-corrected chi connectivity index (χ4v) is 3.35. The molecule has 0 saturated heterocycles. The second-order valence-corrected chi connectivity index (χ2v) is 6.87. The number of benzene rings is 1. The van der Waals surface area contributed by atoms with Crippen molar-refractivity contribution in [1.82, 2.24) is 10.2 Å². The SMILES string of the molecule is CC(C)C[C@H](N)c1nnc(SCc2c(Cl)cccc2Cl)o1. The van der Waals surface area contributed by atoms with E-state index in [0.29, 0.717) is 32.8 Å². The molecule has 1 aromatic carbocycles. The third-order valence-corrected chi connectivity index (χ3v) is 4.42. The molecular weight excluding hydrogens is 329 g/mol. The predicted molar refractivity (Wildman–Crippen MR) is 86.7 cm³/mol. The highest BCUT2D eigenvalue weighted by atomic mass is 35.5. The fraction of sp³-hybridized carbons (Fsp3) is 0.429. The molecule has 4 nitrogen and oxygen atoms in total. The Hall–Kier alpha value is -0.750. The number of nitrogens with zero attached hydrogens (tertiary/aromatic N) is 2. The van der Waals surface area contributed by atoms with Crippen LogP contribution < -0.4 is 5.73 Å². The van der Waals surface area contributed by atoms with Crippen LogP contribution >= 0.6 is 35.0 Å². The van der Waals surface area contributed by atoms with Crippen molar-refractivity contribution in [1.29, 1.82) is 0 Å². The number of hydrogen-bond acceptors (Lipinski definition) is 5. The van der Waals surface area contributed by atoms with Crippen molar-refractivity contribution in [2.45, 2.75) is 37.3 Å². The van der Waals surface area contributed by atoms with Crippen molar-refractivity contribution in [3.63, 3.8) is 0 Å². The molecule has 114 valence electrons. The van der Waals surface area contributed by atoms with Gasteiger partial charge in [0.1, 0.15) is 0 Å². The summed E-state index contributed by atoms with van der Waals surface area (Å²) in [5.74, 6) is 1.51. The Balaban J connectivity index is 2.00. The molecule has 0 amide bonds. The molecule has 0 aliphatic carbocycles. The van der Waals surface area contributed by atoms with E-state index >= 15 is 0 Å². The first-order valence-electron chi connectivity index (χ1n) is 6.62. The molecule has 21 heavy (non-hydrogen) atoms. The number of hydrogen-bond donors (Lipinski definition) is 1. The predicted octanol–water partition coefficient (Wildman–Crippen LogP) is 4.71. The van der Waals surface area contributed by atoms with Crippen LogP contribution in [0.2, 0.25) is 10.0 Å². The summed E-state index contributed by atoms with van der Waals surface area (Å²) >= 11 is 13.6. The van der Waals surface area contributed by atoms with Gasteiger partial charge in [0.15, 0.2) is 0 Å². The molecule has 0 bridgehead atoms. The number of thioether (sulfide) groups is 1. The standard InChI is InChI=1S/C14H17Cl2N3OS/c1-8(2)6-12(17)13-18-19-14(20-13)21-7-9-10(15)4-3-5-11(9)16/h3-5,8,12H,6-7,17H2,1-2H3/t12-/m0/s1. The zero-order chi connectivity index (χ0) is 15.4. The lowest BCUT2D eigenvalue weighted by Gasteiger charge is -2.08. The van der Waals surface area contributed by atoms with Gasteiger partial charge in [-0.05, 0) is 30.0 Å². The monoisotopic (exact) mass is 345 g/mol. The Morgan fingerprint density at radius 2 is 1.90 bits per heavy atom. The first-order valence-corrected chi connectivity index (χ1v) is 8.36. The second-order valence-electron chi connectivity index (χ2n) is 5.13. The van der Waals surface area contributed by atoms with Crippen LogP contribution in [0.4, 0.5) is 0 Å². The molecule has 1 atom stereocenters. The molecule has 1 heterocycles. The van der Waals surface area contributed by atoms with E-state index in [9.17, 15) is 0 Å². The van der Waals surface area contributed by atoms with Gasteiger partial charge in [-0.25, -0.2) is 0 Å². The van der Waals surface area contributed by atoms with E-state index in [1.807, 2.05) is 6.07 Å². The van der Waals surface area contributed by atoms with Gasteiger partial charge in [-0.3, -0.25) is 0 Å². The average Bonchev–Trinajstić information content (AvgIpc) is 2.86. The van der Waals surface area contributed by atoms with E-state index in [0.717, 1.165) is 12.0 Å². The summed E-state index contributed by atoms with van der Waals surface area (Å²) in [7, 11) is 0. The topological polar surface area (TPSA) is 64.9 Å². The second kappa shape index (κ2) is 7.49. The molecule has 0 spiro atoms. The summed E-state index contributed by atoms with van der Waals surface area (Å²) in [6.45, 7) is 4.20. The van der Waals surface area contributed by atoms with Gasteiger partial charge < -0.3 is 10.2 Å². The van der Waals surface area contributed by atoms with Crippen molar-refractivity contribution in [2.24, 2.45) is 11.7 Å². The first kappa shape index (κ1) is 16.6. The van der Waals surface area contributed by atoms with Gasteiger partial charge in [-0.15, -0.1) is 10.2 Å². The molecule has 1 aromatic heterocycles. The van der Waals surface area contributed by atoms with Crippen molar-refractivity contribution in [2.75, 3.05) is 0 Å². The number of nitrogens with two attached hydrogens (primary N) is 1. The van der Waals surface area contributed by atoms with E-state index < -0.39 is 0 Å². The molecule has 7 heteroatoms. The van der Waals surface area contributed by atoms with E-state index in [2.05, 4.69) is 24.0 Å². The quantitative estimate of drug-likeness (QED) is 0.767. The van der Waals surface area contributed by atoms with Gasteiger partial charge in [0.05, 0.1) is 6.04 Å². The third-order valence-electron chi connectivity index (χ3n) is 2.87. The minimum Gasteiger partial charge on any atom is -0.414 e. The minimum absolute atomic E-state index is 0.226. The minimum atomic E-state index is -0.226. The summed E-state index contributed by atoms with van der Waals surface area (Å²) < 4.78 is 5.58. The number of halogens is 2. The summed E-state index contributed by atoms with van der Waals surface area (Å²) in [5.41, 5.74) is 6.88. The molecule has 0 aliphatic rings. The summed E-state index contributed by atoms with van der Waals surface area (Å²) in [6, 6.07) is 5.20. The number of aromatic nitrogens is 2. The lowest BCUT2D eigenvalue weighted by molar-refractivity contribution is 0.361. The molecule has 0 saturated carbocycles. The zero-order valence-electron chi connectivity index (χ0n) is 11.8. The van der Waals surface area contributed by atoms with Gasteiger partial charge in [-0.1, -0.05) is 54.9 Å². The van der Waals surface area contributed by atoms with E-state index in [1.165, 1.54) is 11.8 Å². The van der Waals surface area contributed by atoms with Crippen LogP contribution in [-0.2, 0) is 5.75 Å². The van der Waals surface area contributed by atoms with Crippen LogP contribution in [0.15, 0.2) is 27.8 Å². The van der Waals surface area contributed by atoms with E-state index in [-0.39, 0.29) is 6.04 Å². The Bertz CT molecular complexity index is 583. The van der Waals surface area contributed by atoms with Gasteiger partial charge in [-0.2, -0.15) is 0 Å². The molecule has 2 rings (SSSR count). The smallest absolute Gasteiger partial charge is 0.276 e. The van der Waals surface area contributed by atoms with Crippen LogP contribution in [0, 0.1) is 5.92 Å². The van der Waals surface area contributed by atoms with E-state index in [1.54, 1.807) is 12.1 Å². The molecule has 0 unspecified atom stereocenters. The van der Waals surface area contributed by atoms with Crippen molar-refractivity contribution >= 4 is 35.0 Å². The maximum absolute atomic E-state index is 6.12. The molecular formula is C14H17Cl2N3OS. The highest BCUT2D eigenvalue weighted by molar-refractivity contribution is 7.98. The van der Waals surface area contributed by atoms with Crippen molar-refractivity contribution < 1.29 is 4.42 Å². The molecule has 0 radical (unpaired) electrons. The lowest BCUT2D eigenvalue weighted by atomic mass is 10.1. The summed E-state index contributed by atoms with van der Waals surface area (Å²) in [4.78, 5) is 0. The average molecular weight is 346 g/mol. The number of rotatable bonds is 6. The van der Waals surface area contributed by atoms with Crippen molar-refractivity contribution in [3.05, 3.63) is 39.7 Å². The van der Waals surface area contributed by atoms with Crippen molar-refractivity contribution in [3.8, 4) is 0 Å². The normalized spacial score (nSPS) is 12.9. The van der Waals surface area contributed by atoms with Gasteiger partial charge >= 0.3 is 0 Å². The Kier molecular flexibility index (Phi) is 5.93. The third kappa shape index (κ3) is 4.61. The molecule has 0 fully saturated rings. The Labute approximate surface area is 138 Å². The molecule has 2 aromatic rings. The largest absolute Gasteiger partial charge is 0.414 e. The van der Waals surface area contributed by atoms with Gasteiger partial charge in [0.2, 0.25) is 5.89 Å². The highest BCUT2D eigenvalue weighted by Gasteiger charge is 2.16. The van der Waals surface area contributed by atoms with Crippen LogP contribution in [0.5, 0.6) is 0 Å². The van der Waals surface area contributed by atoms with Gasteiger partial charge in [0.25, 0.3) is 5.22 Å². The molecule has 0 aliphatic heterocycles. The molecule has 2 N–H and O–H groups in total. The Morgan fingerprint density at radius 1 is 1.24 bits per heavy atom. The van der Waals surface area contributed by atoms with Crippen LogP contribution in [-0.4, -0.2) is 10.2 Å². The van der Waals surface area contributed by atoms with E-state index in [4.69, 9.17) is 33.4 Å². The van der Waals surface area contributed by atoms with Gasteiger partial charge in [0, 0.05) is 15.8 Å². The first-order chi connectivity index (χ1) is 9.97. The zero-order valence-corrected chi connectivity index (χ0v) is 14.2. The van der Waals surface area contributed by atoms with Crippen LogP contribution in [0.3, 0.4) is 0 Å². The summed E-state index contributed by atoms with van der Waals surface area (Å²) in [6.07, 6.45) is 0.808. The lowest BCUT2D eigenvalue weighted by Crippen LogP contribution is -2.13. The fourth-order valence-electron chi connectivity index (χ4n) is 1.84. The van der Waals surface area contributed by atoms with Crippen LogP contribution in [0.1, 0.15) is 37.8 Å². The maximum atomic E-state index is 6.12.